The van der Waals surface area contributed by atoms with Crippen molar-refractivity contribution in [2.75, 3.05) is 13.7 Å². The molecule has 2 N–H and O–H groups in total. The summed E-state index contributed by atoms with van der Waals surface area (Å²) >= 11 is 0. The third kappa shape index (κ3) is 2.81. The number of methoxy groups -OCH3 is 1. The molecule has 0 amide bonds. The Morgan fingerprint density at radius 1 is 1.17 bits per heavy atom. The van der Waals surface area contributed by atoms with Crippen molar-refractivity contribution >= 4 is 10.8 Å². The van der Waals surface area contributed by atoms with Crippen LogP contribution in [-0.4, -0.2) is 25.0 Å². The van der Waals surface area contributed by atoms with E-state index in [1.54, 1.807) is 14.0 Å². The number of benzene rings is 2. The second-order valence-electron chi connectivity index (χ2n) is 4.35. The fourth-order valence-corrected chi connectivity index (χ4v) is 2.15. The van der Waals surface area contributed by atoms with Crippen molar-refractivity contribution in [3.05, 3.63) is 42.0 Å². The number of aliphatic hydroxyl groups is 1. The van der Waals surface area contributed by atoms with Crippen molar-refractivity contribution < 1.29 is 9.84 Å². The lowest BCUT2D eigenvalue weighted by Gasteiger charge is -2.11. The van der Waals surface area contributed by atoms with Crippen LogP contribution < -0.4 is 10.1 Å². The van der Waals surface area contributed by atoms with Gasteiger partial charge in [-0.25, -0.2) is 0 Å². The number of fused-ring (bicyclic) bond motifs is 1. The molecule has 0 heterocycles. The van der Waals surface area contributed by atoms with Crippen molar-refractivity contribution in [1.82, 2.24) is 5.32 Å². The van der Waals surface area contributed by atoms with Gasteiger partial charge in [0.25, 0.3) is 0 Å². The van der Waals surface area contributed by atoms with Crippen LogP contribution in [-0.2, 0) is 6.42 Å². The Bertz CT molecular complexity index is 523. The van der Waals surface area contributed by atoms with E-state index in [1.807, 2.05) is 18.2 Å². The van der Waals surface area contributed by atoms with Gasteiger partial charge in [-0.15, -0.1) is 0 Å². The molecule has 0 saturated heterocycles. The average Bonchev–Trinajstić information content (AvgIpc) is 2.38. The number of nitrogens with one attached hydrogen (secondary N) is 1. The van der Waals surface area contributed by atoms with Crippen molar-refractivity contribution in [3.63, 3.8) is 0 Å². The molecule has 0 radical (unpaired) electrons. The molecule has 18 heavy (non-hydrogen) atoms. The zero-order valence-electron chi connectivity index (χ0n) is 10.8. The van der Waals surface area contributed by atoms with Gasteiger partial charge < -0.3 is 9.84 Å². The quantitative estimate of drug-likeness (QED) is 0.794. The number of rotatable bonds is 5. The predicted molar refractivity (Wildman–Crippen MR) is 73.9 cm³/mol. The second-order valence-corrected chi connectivity index (χ2v) is 4.35. The normalized spacial score (nSPS) is 12.6. The highest BCUT2D eigenvalue weighted by Gasteiger charge is 2.05. The van der Waals surface area contributed by atoms with E-state index in [0.717, 1.165) is 24.1 Å². The van der Waals surface area contributed by atoms with Crippen LogP contribution in [0.15, 0.2) is 36.4 Å². The summed E-state index contributed by atoms with van der Waals surface area (Å²) in [5.74, 6) is 0.901. The number of hydrogen-bond donors (Lipinski definition) is 2. The molecule has 0 saturated carbocycles. The third-order valence-corrected chi connectivity index (χ3v) is 3.03. The molecule has 3 heteroatoms. The van der Waals surface area contributed by atoms with Crippen LogP contribution in [0.4, 0.5) is 0 Å². The highest BCUT2D eigenvalue weighted by atomic mass is 16.5. The SMILES string of the molecule is COc1ccc(CCNC(C)O)c2ccccc12. The smallest absolute Gasteiger partial charge is 0.126 e. The first-order valence-corrected chi connectivity index (χ1v) is 6.18. The lowest BCUT2D eigenvalue weighted by Crippen LogP contribution is -2.27. The Kier molecular flexibility index (Phi) is 4.18. The molecule has 96 valence electrons. The van der Waals surface area contributed by atoms with Gasteiger partial charge in [0.05, 0.1) is 7.11 Å². The molecule has 3 nitrogen and oxygen atoms in total. The molecule has 2 rings (SSSR count). The van der Waals surface area contributed by atoms with Crippen LogP contribution in [0.25, 0.3) is 10.8 Å². The van der Waals surface area contributed by atoms with E-state index < -0.39 is 6.23 Å². The largest absolute Gasteiger partial charge is 0.496 e. The fraction of sp³-hybridized carbons (Fsp3) is 0.333. The van der Waals surface area contributed by atoms with E-state index in [-0.39, 0.29) is 0 Å². The summed E-state index contributed by atoms with van der Waals surface area (Å²) in [6.45, 7) is 2.49. The number of ether oxygens (including phenoxy) is 1. The molecular formula is C15H19NO2. The molecule has 0 bridgehead atoms. The maximum absolute atomic E-state index is 9.19. The summed E-state index contributed by atoms with van der Waals surface area (Å²) in [5, 5.41) is 14.6. The van der Waals surface area contributed by atoms with E-state index in [1.165, 1.54) is 10.9 Å². The maximum Gasteiger partial charge on any atom is 0.126 e. The predicted octanol–water partition coefficient (Wildman–Crippen LogP) is 2.32. The third-order valence-electron chi connectivity index (χ3n) is 3.03. The van der Waals surface area contributed by atoms with Gasteiger partial charge in [-0.05, 0) is 30.4 Å². The summed E-state index contributed by atoms with van der Waals surface area (Å²) in [7, 11) is 1.69. The van der Waals surface area contributed by atoms with E-state index in [4.69, 9.17) is 4.74 Å². The first kappa shape index (κ1) is 12.9. The Morgan fingerprint density at radius 2 is 1.89 bits per heavy atom. The van der Waals surface area contributed by atoms with Gasteiger partial charge in [0, 0.05) is 11.9 Å². The summed E-state index contributed by atoms with van der Waals surface area (Å²) in [5.41, 5.74) is 1.26. The number of aliphatic hydroxyl groups excluding tert-OH is 1. The molecule has 0 aliphatic rings. The lowest BCUT2D eigenvalue weighted by atomic mass is 10.0. The van der Waals surface area contributed by atoms with Gasteiger partial charge in [-0.3, -0.25) is 5.32 Å². The molecular weight excluding hydrogens is 226 g/mol. The van der Waals surface area contributed by atoms with Gasteiger partial charge in [0.2, 0.25) is 0 Å². The van der Waals surface area contributed by atoms with Gasteiger partial charge in [0.15, 0.2) is 0 Å². The molecule has 2 aromatic carbocycles. The van der Waals surface area contributed by atoms with Gasteiger partial charge >= 0.3 is 0 Å². The molecule has 0 aromatic heterocycles. The molecule has 0 spiro atoms. The average molecular weight is 245 g/mol. The van der Waals surface area contributed by atoms with Crippen molar-refractivity contribution in [3.8, 4) is 5.75 Å². The molecule has 2 aromatic rings. The maximum atomic E-state index is 9.19. The van der Waals surface area contributed by atoms with E-state index in [2.05, 4.69) is 23.5 Å². The van der Waals surface area contributed by atoms with Crippen molar-refractivity contribution in [2.24, 2.45) is 0 Å². The van der Waals surface area contributed by atoms with Crippen molar-refractivity contribution in [1.29, 1.82) is 0 Å². The van der Waals surface area contributed by atoms with Crippen LogP contribution in [0.1, 0.15) is 12.5 Å². The molecule has 0 aliphatic carbocycles. The van der Waals surface area contributed by atoms with E-state index >= 15 is 0 Å². The van der Waals surface area contributed by atoms with Gasteiger partial charge in [-0.2, -0.15) is 0 Å². The summed E-state index contributed by atoms with van der Waals surface area (Å²) < 4.78 is 5.37. The Morgan fingerprint density at radius 3 is 2.56 bits per heavy atom. The summed E-state index contributed by atoms with van der Waals surface area (Å²) in [6.07, 6.45) is 0.421. The summed E-state index contributed by atoms with van der Waals surface area (Å²) in [4.78, 5) is 0. The summed E-state index contributed by atoms with van der Waals surface area (Å²) in [6, 6.07) is 12.3. The Hall–Kier alpha value is -1.58. The standard InChI is InChI=1S/C15H19NO2/c1-11(17)16-10-9-12-7-8-15(18-2)14-6-4-3-5-13(12)14/h3-8,11,16-17H,9-10H2,1-2H3. The lowest BCUT2D eigenvalue weighted by molar-refractivity contribution is 0.157. The van der Waals surface area contributed by atoms with Crippen LogP contribution in [0.2, 0.25) is 0 Å². The Balaban J connectivity index is 2.28. The monoisotopic (exact) mass is 245 g/mol. The minimum Gasteiger partial charge on any atom is -0.496 e. The zero-order chi connectivity index (χ0) is 13.0. The highest BCUT2D eigenvalue weighted by molar-refractivity contribution is 5.91. The van der Waals surface area contributed by atoms with Crippen LogP contribution in [0.3, 0.4) is 0 Å². The van der Waals surface area contributed by atoms with Crippen LogP contribution in [0, 0.1) is 0 Å². The molecule has 1 atom stereocenters. The topological polar surface area (TPSA) is 41.5 Å². The molecule has 0 fully saturated rings. The van der Waals surface area contributed by atoms with Crippen molar-refractivity contribution in [2.45, 2.75) is 19.6 Å². The molecule has 0 aliphatic heterocycles. The Labute approximate surface area is 107 Å². The first-order valence-electron chi connectivity index (χ1n) is 6.18. The minimum atomic E-state index is -0.463. The van der Waals surface area contributed by atoms with Crippen LogP contribution in [0.5, 0.6) is 5.75 Å². The van der Waals surface area contributed by atoms with E-state index in [0.29, 0.717) is 0 Å². The number of hydrogen-bond acceptors (Lipinski definition) is 3. The van der Waals surface area contributed by atoms with Gasteiger partial charge in [0.1, 0.15) is 12.0 Å². The van der Waals surface area contributed by atoms with E-state index in [9.17, 15) is 5.11 Å². The van der Waals surface area contributed by atoms with Crippen LogP contribution >= 0.6 is 0 Å². The first-order chi connectivity index (χ1) is 8.72. The second kappa shape index (κ2) is 5.85. The highest BCUT2D eigenvalue weighted by Crippen LogP contribution is 2.28. The fourth-order valence-electron chi connectivity index (χ4n) is 2.15. The zero-order valence-corrected chi connectivity index (χ0v) is 10.8. The van der Waals surface area contributed by atoms with Gasteiger partial charge in [-0.1, -0.05) is 30.3 Å². The minimum absolute atomic E-state index is 0.463. The molecule has 1 unspecified atom stereocenters.